The van der Waals surface area contributed by atoms with Gasteiger partial charge in [-0.25, -0.2) is 0 Å². The van der Waals surface area contributed by atoms with Crippen LogP contribution in [-0.2, 0) is 17.6 Å². The molecule has 0 radical (unpaired) electrons. The van der Waals surface area contributed by atoms with Crippen molar-refractivity contribution in [1.29, 1.82) is 0 Å². The summed E-state index contributed by atoms with van der Waals surface area (Å²) in [6, 6.07) is 19.0. The molecule has 0 spiro atoms. The zero-order valence-corrected chi connectivity index (χ0v) is 23.0. The molecule has 0 saturated heterocycles. The Kier molecular flexibility index (Phi) is 7.56. The SMILES string of the molecule is O=C(O)CCc1cccc(C2Cc3cc(OC(F)(F)F)ccc3C(C(=O)c3ccc(OC4CC4)cc3)=C2C2CCC2)c1. The third-order valence-corrected chi connectivity index (χ3v) is 8.36. The topological polar surface area (TPSA) is 72.8 Å². The first-order chi connectivity index (χ1) is 20.1. The summed E-state index contributed by atoms with van der Waals surface area (Å²) in [7, 11) is 0. The van der Waals surface area contributed by atoms with Crippen molar-refractivity contribution >= 4 is 17.3 Å². The van der Waals surface area contributed by atoms with Crippen LogP contribution in [0.3, 0.4) is 0 Å². The van der Waals surface area contributed by atoms with Gasteiger partial charge in [0.1, 0.15) is 11.5 Å². The van der Waals surface area contributed by atoms with Crippen LogP contribution >= 0.6 is 0 Å². The van der Waals surface area contributed by atoms with Crippen LogP contribution in [0.25, 0.3) is 5.57 Å². The minimum Gasteiger partial charge on any atom is -0.490 e. The van der Waals surface area contributed by atoms with Gasteiger partial charge in [-0.05, 0) is 109 Å². The highest BCUT2D eigenvalue weighted by Gasteiger charge is 2.39. The lowest BCUT2D eigenvalue weighted by atomic mass is 9.65. The number of aryl methyl sites for hydroxylation is 1. The number of rotatable bonds is 10. The standard InChI is InChI=1S/C34H31F3O5/c35-34(36,37)42-27-14-15-28-24(18-27)19-29(23-6-1-3-20(17-23)7-16-30(38)39)31(21-4-2-5-21)32(28)33(40)22-8-10-25(11-9-22)41-26-12-13-26/h1,3,6,8-11,14-15,17-18,21,26,29H,2,4-5,7,12-13,16,19H2,(H,38,39). The number of alkyl halides is 3. The quantitative estimate of drug-likeness (QED) is 0.248. The molecule has 3 aromatic carbocycles. The average Bonchev–Trinajstić information content (AvgIpc) is 3.74. The second-order valence-corrected chi connectivity index (χ2v) is 11.4. The van der Waals surface area contributed by atoms with Crippen LogP contribution < -0.4 is 9.47 Å². The number of carboxylic acids is 1. The van der Waals surface area contributed by atoms with Gasteiger partial charge in [-0.2, -0.15) is 0 Å². The Morgan fingerprint density at radius 3 is 2.29 bits per heavy atom. The Labute approximate surface area is 242 Å². The fraction of sp³-hybridized carbons (Fsp3) is 0.353. The first kappa shape index (κ1) is 28.1. The molecule has 3 aliphatic rings. The number of benzene rings is 3. The third-order valence-electron chi connectivity index (χ3n) is 8.36. The van der Waals surface area contributed by atoms with Gasteiger partial charge >= 0.3 is 12.3 Å². The first-order valence-electron chi connectivity index (χ1n) is 14.4. The predicted octanol–water partition coefficient (Wildman–Crippen LogP) is 7.92. The zero-order chi connectivity index (χ0) is 29.4. The van der Waals surface area contributed by atoms with Gasteiger partial charge in [-0.15, -0.1) is 13.2 Å². The fourth-order valence-corrected chi connectivity index (χ4v) is 6.02. The Hall–Kier alpha value is -4.07. The fourth-order valence-electron chi connectivity index (χ4n) is 6.02. The summed E-state index contributed by atoms with van der Waals surface area (Å²) in [5.41, 5.74) is 5.06. The second-order valence-electron chi connectivity index (χ2n) is 11.4. The number of hydrogen-bond acceptors (Lipinski definition) is 4. The molecule has 3 aromatic rings. The summed E-state index contributed by atoms with van der Waals surface area (Å²) in [6.07, 6.45) is 1.09. The summed E-state index contributed by atoms with van der Waals surface area (Å²) in [6.45, 7) is 0. The molecule has 1 unspecified atom stereocenters. The minimum absolute atomic E-state index is 0.00932. The van der Waals surface area contributed by atoms with Crippen molar-refractivity contribution in [2.24, 2.45) is 5.92 Å². The van der Waals surface area contributed by atoms with E-state index in [0.29, 0.717) is 40.9 Å². The number of fused-ring (bicyclic) bond motifs is 1. The molecule has 42 heavy (non-hydrogen) atoms. The van der Waals surface area contributed by atoms with Crippen molar-refractivity contribution in [2.75, 3.05) is 0 Å². The number of halogens is 3. The van der Waals surface area contributed by atoms with Gasteiger partial charge in [-0.3, -0.25) is 9.59 Å². The molecule has 2 fully saturated rings. The van der Waals surface area contributed by atoms with Gasteiger partial charge in [-0.1, -0.05) is 36.8 Å². The van der Waals surface area contributed by atoms with Crippen molar-refractivity contribution < 1.29 is 37.3 Å². The first-order valence-corrected chi connectivity index (χ1v) is 14.4. The van der Waals surface area contributed by atoms with E-state index in [1.807, 2.05) is 24.3 Å². The van der Waals surface area contributed by atoms with Gasteiger partial charge < -0.3 is 14.6 Å². The highest BCUT2D eigenvalue weighted by molar-refractivity contribution is 6.30. The average molecular weight is 577 g/mol. The normalized spacial score (nSPS) is 18.7. The van der Waals surface area contributed by atoms with E-state index in [4.69, 9.17) is 4.74 Å². The number of carboxylic acid groups (broad SMARTS) is 1. The van der Waals surface area contributed by atoms with E-state index >= 15 is 0 Å². The highest BCUT2D eigenvalue weighted by atomic mass is 19.4. The van der Waals surface area contributed by atoms with Crippen LogP contribution in [0.1, 0.15) is 77.1 Å². The van der Waals surface area contributed by atoms with Gasteiger partial charge in [0.05, 0.1) is 6.10 Å². The maximum atomic E-state index is 14.3. The number of carbonyl (C=O) groups is 2. The molecule has 0 aromatic heterocycles. The van der Waals surface area contributed by atoms with Gasteiger partial charge in [0.2, 0.25) is 0 Å². The van der Waals surface area contributed by atoms with Crippen molar-refractivity contribution in [3.05, 3.63) is 100 Å². The molecule has 0 amide bonds. The smallest absolute Gasteiger partial charge is 0.490 e. The van der Waals surface area contributed by atoms with Crippen LogP contribution in [0.15, 0.2) is 72.3 Å². The van der Waals surface area contributed by atoms with E-state index in [2.05, 4.69) is 4.74 Å². The molecular formula is C34H31F3O5. The molecule has 8 heteroatoms. The molecule has 0 bridgehead atoms. The molecule has 1 atom stereocenters. The summed E-state index contributed by atoms with van der Waals surface area (Å²) >= 11 is 0. The number of aliphatic carboxylic acids is 1. The van der Waals surface area contributed by atoms with Crippen molar-refractivity contribution in [2.45, 2.75) is 69.8 Å². The van der Waals surface area contributed by atoms with Crippen LogP contribution in [0.2, 0.25) is 0 Å². The molecule has 2 saturated carbocycles. The van der Waals surface area contributed by atoms with E-state index in [9.17, 15) is 27.9 Å². The van der Waals surface area contributed by atoms with Crippen molar-refractivity contribution in [1.82, 2.24) is 0 Å². The largest absolute Gasteiger partial charge is 0.573 e. The van der Waals surface area contributed by atoms with Crippen LogP contribution in [-0.4, -0.2) is 29.3 Å². The lowest BCUT2D eigenvalue weighted by Gasteiger charge is -2.39. The second kappa shape index (κ2) is 11.3. The van der Waals surface area contributed by atoms with Gasteiger partial charge in [0.15, 0.2) is 5.78 Å². The van der Waals surface area contributed by atoms with E-state index in [1.54, 1.807) is 30.3 Å². The van der Waals surface area contributed by atoms with E-state index < -0.39 is 12.3 Å². The zero-order valence-electron chi connectivity index (χ0n) is 23.0. The predicted molar refractivity (Wildman–Crippen MR) is 151 cm³/mol. The van der Waals surface area contributed by atoms with Gasteiger partial charge in [0, 0.05) is 23.5 Å². The summed E-state index contributed by atoms with van der Waals surface area (Å²) in [4.78, 5) is 25.5. The molecule has 0 heterocycles. The number of ether oxygens (including phenoxy) is 2. The molecule has 1 N–H and O–H groups in total. The number of Topliss-reactive ketones (excluding diaryl/α,β-unsaturated/α-hetero) is 1. The summed E-state index contributed by atoms with van der Waals surface area (Å²) < 4.78 is 49.4. The van der Waals surface area contributed by atoms with Crippen molar-refractivity contribution in [3.63, 3.8) is 0 Å². The minimum atomic E-state index is -4.84. The molecule has 0 aliphatic heterocycles. The number of carbonyl (C=O) groups excluding carboxylic acids is 1. The monoisotopic (exact) mass is 576 g/mol. The third kappa shape index (κ3) is 6.22. The lowest BCUT2D eigenvalue weighted by molar-refractivity contribution is -0.274. The molecule has 218 valence electrons. The summed E-state index contributed by atoms with van der Waals surface area (Å²) in [5.74, 6) is -0.751. The highest BCUT2D eigenvalue weighted by Crippen LogP contribution is 2.50. The maximum absolute atomic E-state index is 14.3. The molecule has 3 aliphatic carbocycles. The molecule has 5 nitrogen and oxygen atoms in total. The lowest BCUT2D eigenvalue weighted by Crippen LogP contribution is -2.27. The number of hydrogen-bond donors (Lipinski definition) is 1. The molecular weight excluding hydrogens is 545 g/mol. The Morgan fingerprint density at radius 1 is 0.905 bits per heavy atom. The van der Waals surface area contributed by atoms with E-state index in [1.165, 1.54) is 12.1 Å². The number of ketones is 1. The van der Waals surface area contributed by atoms with Crippen LogP contribution in [0.5, 0.6) is 11.5 Å². The van der Waals surface area contributed by atoms with Gasteiger partial charge in [0.25, 0.3) is 0 Å². The summed E-state index contributed by atoms with van der Waals surface area (Å²) in [5, 5.41) is 9.19. The number of allylic oxidation sites excluding steroid dienone is 2. The van der Waals surface area contributed by atoms with E-state index in [-0.39, 0.29) is 35.9 Å². The Balaban J connectivity index is 1.46. The van der Waals surface area contributed by atoms with Crippen LogP contribution in [0, 0.1) is 5.92 Å². The van der Waals surface area contributed by atoms with Crippen molar-refractivity contribution in [3.8, 4) is 11.5 Å². The maximum Gasteiger partial charge on any atom is 0.573 e. The molecule has 6 rings (SSSR count). The Bertz CT molecular complexity index is 1530. The van der Waals surface area contributed by atoms with Crippen LogP contribution in [0.4, 0.5) is 13.2 Å². The van der Waals surface area contributed by atoms with E-state index in [0.717, 1.165) is 48.8 Å². The Morgan fingerprint density at radius 2 is 1.64 bits per heavy atom.